The Hall–Kier alpha value is -1.06. The molecule has 0 aromatic heterocycles. The Labute approximate surface area is 96.8 Å². The number of benzene rings is 1. The molecule has 1 aromatic rings. The van der Waals surface area contributed by atoms with E-state index in [-0.39, 0.29) is 0 Å². The SMILES string of the molecule is Cc1ccc(OCC2COCC(C)N2)cc1. The molecule has 0 spiro atoms. The van der Waals surface area contributed by atoms with Crippen LogP contribution in [-0.2, 0) is 4.74 Å². The molecular formula is C13H19NO2. The van der Waals surface area contributed by atoms with Crippen LogP contribution in [0.4, 0.5) is 0 Å². The molecule has 2 atom stereocenters. The molecule has 2 rings (SSSR count). The van der Waals surface area contributed by atoms with Crippen LogP contribution in [0.1, 0.15) is 12.5 Å². The van der Waals surface area contributed by atoms with E-state index in [0.717, 1.165) is 19.0 Å². The van der Waals surface area contributed by atoms with Crippen molar-refractivity contribution in [2.45, 2.75) is 25.9 Å². The van der Waals surface area contributed by atoms with Crippen molar-refractivity contribution in [1.29, 1.82) is 0 Å². The zero-order chi connectivity index (χ0) is 11.4. The predicted octanol–water partition coefficient (Wildman–Crippen LogP) is 1.75. The maximum Gasteiger partial charge on any atom is 0.119 e. The summed E-state index contributed by atoms with van der Waals surface area (Å²) in [5, 5.41) is 3.45. The topological polar surface area (TPSA) is 30.5 Å². The second-order valence-corrected chi connectivity index (χ2v) is 4.43. The summed E-state index contributed by atoms with van der Waals surface area (Å²) in [5.74, 6) is 0.922. The van der Waals surface area contributed by atoms with Gasteiger partial charge in [0.15, 0.2) is 0 Å². The number of aryl methyl sites for hydroxylation is 1. The van der Waals surface area contributed by atoms with Gasteiger partial charge in [-0.15, -0.1) is 0 Å². The first kappa shape index (κ1) is 11.4. The van der Waals surface area contributed by atoms with Gasteiger partial charge in [0.1, 0.15) is 12.4 Å². The molecule has 0 saturated carbocycles. The normalized spacial score (nSPS) is 25.4. The summed E-state index contributed by atoms with van der Waals surface area (Å²) in [7, 11) is 0. The second kappa shape index (κ2) is 5.32. The molecule has 3 nitrogen and oxygen atoms in total. The highest BCUT2D eigenvalue weighted by molar-refractivity contribution is 5.26. The number of hydrogen-bond acceptors (Lipinski definition) is 3. The first-order valence-electron chi connectivity index (χ1n) is 5.77. The van der Waals surface area contributed by atoms with E-state index in [1.165, 1.54) is 5.56 Å². The highest BCUT2D eigenvalue weighted by Gasteiger charge is 2.18. The van der Waals surface area contributed by atoms with E-state index in [1.54, 1.807) is 0 Å². The van der Waals surface area contributed by atoms with Gasteiger partial charge in [0.2, 0.25) is 0 Å². The van der Waals surface area contributed by atoms with Gasteiger partial charge >= 0.3 is 0 Å². The molecule has 1 aliphatic heterocycles. The number of hydrogen-bond donors (Lipinski definition) is 1. The van der Waals surface area contributed by atoms with Crippen LogP contribution in [0.2, 0.25) is 0 Å². The summed E-state index contributed by atoms with van der Waals surface area (Å²) in [6, 6.07) is 8.83. The van der Waals surface area contributed by atoms with Gasteiger partial charge in [0, 0.05) is 6.04 Å². The van der Waals surface area contributed by atoms with E-state index in [9.17, 15) is 0 Å². The number of nitrogens with one attached hydrogen (secondary N) is 1. The summed E-state index contributed by atoms with van der Waals surface area (Å²) in [5.41, 5.74) is 1.25. The van der Waals surface area contributed by atoms with Crippen LogP contribution in [0.3, 0.4) is 0 Å². The molecule has 0 radical (unpaired) electrons. The zero-order valence-corrected chi connectivity index (χ0v) is 9.90. The molecule has 88 valence electrons. The van der Waals surface area contributed by atoms with Gasteiger partial charge in [-0.3, -0.25) is 0 Å². The quantitative estimate of drug-likeness (QED) is 0.843. The molecule has 2 unspecified atom stereocenters. The minimum Gasteiger partial charge on any atom is -0.492 e. The van der Waals surface area contributed by atoms with Crippen molar-refractivity contribution in [3.05, 3.63) is 29.8 Å². The second-order valence-electron chi connectivity index (χ2n) is 4.43. The van der Waals surface area contributed by atoms with Gasteiger partial charge in [-0.25, -0.2) is 0 Å². The summed E-state index contributed by atoms with van der Waals surface area (Å²) in [6.07, 6.45) is 0. The Morgan fingerprint density at radius 2 is 2.06 bits per heavy atom. The molecule has 1 aliphatic rings. The molecule has 0 bridgehead atoms. The number of rotatable bonds is 3. The minimum absolute atomic E-state index is 0.296. The summed E-state index contributed by atoms with van der Waals surface area (Å²) < 4.78 is 11.2. The highest BCUT2D eigenvalue weighted by Crippen LogP contribution is 2.12. The maximum atomic E-state index is 5.71. The van der Waals surface area contributed by atoms with Gasteiger partial charge in [0.25, 0.3) is 0 Å². The third kappa shape index (κ3) is 3.22. The molecular weight excluding hydrogens is 202 g/mol. The van der Waals surface area contributed by atoms with Crippen LogP contribution in [0, 0.1) is 6.92 Å². The zero-order valence-electron chi connectivity index (χ0n) is 9.90. The molecule has 1 N–H and O–H groups in total. The van der Waals surface area contributed by atoms with E-state index in [1.807, 2.05) is 12.1 Å². The molecule has 3 heteroatoms. The monoisotopic (exact) mass is 221 g/mol. The van der Waals surface area contributed by atoms with Crippen molar-refractivity contribution < 1.29 is 9.47 Å². The number of ether oxygens (including phenoxy) is 2. The molecule has 0 aliphatic carbocycles. The predicted molar refractivity (Wildman–Crippen MR) is 63.9 cm³/mol. The Morgan fingerprint density at radius 3 is 2.75 bits per heavy atom. The summed E-state index contributed by atoms with van der Waals surface area (Å²) in [4.78, 5) is 0. The average molecular weight is 221 g/mol. The van der Waals surface area contributed by atoms with Crippen LogP contribution in [-0.4, -0.2) is 31.9 Å². The molecule has 1 heterocycles. The molecule has 0 amide bonds. The minimum atomic E-state index is 0.296. The Bertz CT molecular complexity index is 323. The van der Waals surface area contributed by atoms with E-state index in [4.69, 9.17) is 9.47 Å². The van der Waals surface area contributed by atoms with E-state index in [2.05, 4.69) is 31.3 Å². The van der Waals surface area contributed by atoms with E-state index >= 15 is 0 Å². The van der Waals surface area contributed by atoms with Gasteiger partial charge in [-0.05, 0) is 26.0 Å². The van der Waals surface area contributed by atoms with Gasteiger partial charge in [-0.2, -0.15) is 0 Å². The fraction of sp³-hybridized carbons (Fsp3) is 0.538. The van der Waals surface area contributed by atoms with Crippen molar-refractivity contribution in [2.75, 3.05) is 19.8 Å². The lowest BCUT2D eigenvalue weighted by molar-refractivity contribution is 0.0353. The van der Waals surface area contributed by atoms with Gasteiger partial charge in [-0.1, -0.05) is 17.7 Å². The molecule has 1 aromatic carbocycles. The Morgan fingerprint density at radius 1 is 1.31 bits per heavy atom. The van der Waals surface area contributed by atoms with Crippen molar-refractivity contribution in [2.24, 2.45) is 0 Å². The summed E-state index contributed by atoms with van der Waals surface area (Å²) >= 11 is 0. The number of morpholine rings is 1. The molecule has 1 fully saturated rings. The Kier molecular flexibility index (Phi) is 3.80. The largest absolute Gasteiger partial charge is 0.492 e. The van der Waals surface area contributed by atoms with Crippen LogP contribution < -0.4 is 10.1 Å². The summed E-state index contributed by atoms with van der Waals surface area (Å²) in [6.45, 7) is 6.38. The Balaban J connectivity index is 1.80. The standard InChI is InChI=1S/C13H19NO2/c1-10-3-5-13(6-4-10)16-9-12-8-15-7-11(2)14-12/h3-6,11-12,14H,7-9H2,1-2H3. The van der Waals surface area contributed by atoms with Gasteiger partial charge in [0.05, 0.1) is 19.3 Å². The lowest BCUT2D eigenvalue weighted by Gasteiger charge is -2.28. The van der Waals surface area contributed by atoms with E-state index < -0.39 is 0 Å². The highest BCUT2D eigenvalue weighted by atomic mass is 16.5. The lowest BCUT2D eigenvalue weighted by atomic mass is 10.2. The fourth-order valence-corrected chi connectivity index (χ4v) is 1.81. The van der Waals surface area contributed by atoms with Crippen LogP contribution >= 0.6 is 0 Å². The molecule has 1 saturated heterocycles. The average Bonchev–Trinajstić information content (AvgIpc) is 2.28. The first-order chi connectivity index (χ1) is 7.74. The van der Waals surface area contributed by atoms with Gasteiger partial charge < -0.3 is 14.8 Å². The van der Waals surface area contributed by atoms with Crippen LogP contribution in [0.5, 0.6) is 5.75 Å². The fourth-order valence-electron chi connectivity index (χ4n) is 1.81. The van der Waals surface area contributed by atoms with Crippen LogP contribution in [0.15, 0.2) is 24.3 Å². The van der Waals surface area contributed by atoms with Crippen molar-refractivity contribution in [3.8, 4) is 5.75 Å². The maximum absolute atomic E-state index is 5.71. The van der Waals surface area contributed by atoms with Crippen LogP contribution in [0.25, 0.3) is 0 Å². The molecule has 16 heavy (non-hydrogen) atoms. The van der Waals surface area contributed by atoms with Crippen molar-refractivity contribution in [3.63, 3.8) is 0 Å². The smallest absolute Gasteiger partial charge is 0.119 e. The third-order valence-corrected chi connectivity index (χ3v) is 2.68. The van der Waals surface area contributed by atoms with Crippen molar-refractivity contribution in [1.82, 2.24) is 5.32 Å². The third-order valence-electron chi connectivity index (χ3n) is 2.68. The lowest BCUT2D eigenvalue weighted by Crippen LogP contribution is -2.50. The van der Waals surface area contributed by atoms with E-state index in [0.29, 0.717) is 18.7 Å². The van der Waals surface area contributed by atoms with Crippen molar-refractivity contribution >= 4 is 0 Å². The first-order valence-corrected chi connectivity index (χ1v) is 5.77.